The van der Waals surface area contributed by atoms with Crippen LogP contribution in [0.4, 0.5) is 0 Å². The van der Waals surface area contributed by atoms with Crippen molar-refractivity contribution < 1.29 is 19.5 Å². The van der Waals surface area contributed by atoms with Crippen molar-refractivity contribution in [3.05, 3.63) is 0 Å². The molecule has 2 unspecified atom stereocenters. The van der Waals surface area contributed by atoms with Gasteiger partial charge in [-0.15, -0.1) is 0 Å². The Kier molecular flexibility index (Phi) is 5.08. The average Bonchev–Trinajstić information content (AvgIpc) is 2.28. The van der Waals surface area contributed by atoms with Gasteiger partial charge in [-0.1, -0.05) is 6.92 Å². The molecule has 0 spiro atoms. The zero-order valence-corrected chi connectivity index (χ0v) is 10.6. The maximum atomic E-state index is 11.7. The van der Waals surface area contributed by atoms with Crippen LogP contribution in [0.5, 0.6) is 0 Å². The quantitative estimate of drug-likeness (QED) is 0.574. The van der Waals surface area contributed by atoms with Gasteiger partial charge in [-0.05, 0) is 13.3 Å². The van der Waals surface area contributed by atoms with Crippen LogP contribution >= 0.6 is 0 Å². The molecule has 0 saturated carbocycles. The molecule has 1 rings (SSSR count). The number of nitrogens with one attached hydrogen (secondary N) is 2. The van der Waals surface area contributed by atoms with Crippen LogP contribution in [0.25, 0.3) is 0 Å². The first-order chi connectivity index (χ1) is 8.43. The zero-order valence-electron chi connectivity index (χ0n) is 10.6. The smallest absolute Gasteiger partial charge is 0.322 e. The summed E-state index contributed by atoms with van der Waals surface area (Å²) in [7, 11) is 0. The fourth-order valence-electron chi connectivity index (χ4n) is 1.71. The summed E-state index contributed by atoms with van der Waals surface area (Å²) in [6, 6.07) is -0.801. The van der Waals surface area contributed by atoms with Crippen LogP contribution in [0, 0.1) is 0 Å². The Bertz CT molecular complexity index is 345. The van der Waals surface area contributed by atoms with E-state index in [1.54, 1.807) is 0 Å². The molecule has 0 aromatic heterocycles. The van der Waals surface area contributed by atoms with Crippen molar-refractivity contribution >= 4 is 17.8 Å². The second kappa shape index (κ2) is 6.34. The van der Waals surface area contributed by atoms with Crippen LogP contribution in [0.1, 0.15) is 20.3 Å². The van der Waals surface area contributed by atoms with Gasteiger partial charge in [0.05, 0.1) is 13.1 Å². The number of hydrogen-bond donors (Lipinski definition) is 3. The summed E-state index contributed by atoms with van der Waals surface area (Å²) in [6.07, 6.45) is 0.800. The van der Waals surface area contributed by atoms with Gasteiger partial charge in [-0.25, -0.2) is 0 Å². The van der Waals surface area contributed by atoms with Gasteiger partial charge in [0.2, 0.25) is 11.8 Å². The Morgan fingerprint density at radius 3 is 2.83 bits per heavy atom. The third-order valence-electron chi connectivity index (χ3n) is 2.93. The summed E-state index contributed by atoms with van der Waals surface area (Å²) < 4.78 is 0. The van der Waals surface area contributed by atoms with E-state index in [2.05, 4.69) is 10.6 Å². The number of carbonyl (C=O) groups is 3. The number of amides is 2. The van der Waals surface area contributed by atoms with E-state index in [9.17, 15) is 14.4 Å². The SMILES string of the molecule is CCC(C)NC(=O)CN1CC(=O)NCC1C(=O)O. The van der Waals surface area contributed by atoms with E-state index >= 15 is 0 Å². The van der Waals surface area contributed by atoms with Crippen LogP contribution in [0.3, 0.4) is 0 Å². The minimum Gasteiger partial charge on any atom is -0.480 e. The van der Waals surface area contributed by atoms with E-state index < -0.39 is 12.0 Å². The molecule has 1 heterocycles. The molecule has 2 amide bonds. The molecule has 0 aromatic rings. The number of nitrogens with zero attached hydrogens (tertiary/aromatic N) is 1. The second-order valence-electron chi connectivity index (χ2n) is 4.44. The van der Waals surface area contributed by atoms with Crippen molar-refractivity contribution in [2.75, 3.05) is 19.6 Å². The lowest BCUT2D eigenvalue weighted by atomic mass is 10.2. The monoisotopic (exact) mass is 257 g/mol. The molecule has 0 bridgehead atoms. The molecule has 2 atom stereocenters. The Balaban J connectivity index is 2.58. The van der Waals surface area contributed by atoms with Crippen LogP contribution in [0.2, 0.25) is 0 Å². The van der Waals surface area contributed by atoms with Crippen LogP contribution in [0.15, 0.2) is 0 Å². The second-order valence-corrected chi connectivity index (χ2v) is 4.44. The molecule has 1 aliphatic heterocycles. The lowest BCUT2D eigenvalue weighted by Gasteiger charge is -2.32. The summed E-state index contributed by atoms with van der Waals surface area (Å²) in [5.41, 5.74) is 0. The number of carboxylic acid groups (broad SMARTS) is 1. The summed E-state index contributed by atoms with van der Waals surface area (Å²) >= 11 is 0. The van der Waals surface area contributed by atoms with Crippen molar-refractivity contribution in [1.82, 2.24) is 15.5 Å². The number of carbonyl (C=O) groups excluding carboxylic acids is 2. The number of rotatable bonds is 5. The molecule has 18 heavy (non-hydrogen) atoms. The number of hydrogen-bond acceptors (Lipinski definition) is 4. The highest BCUT2D eigenvalue weighted by Crippen LogP contribution is 2.04. The lowest BCUT2D eigenvalue weighted by Crippen LogP contribution is -2.59. The van der Waals surface area contributed by atoms with E-state index in [4.69, 9.17) is 5.11 Å². The fourth-order valence-corrected chi connectivity index (χ4v) is 1.71. The zero-order chi connectivity index (χ0) is 13.7. The number of carboxylic acids is 1. The van der Waals surface area contributed by atoms with E-state index in [0.29, 0.717) is 0 Å². The first kappa shape index (κ1) is 14.4. The molecule has 0 aliphatic carbocycles. The van der Waals surface area contributed by atoms with E-state index in [1.807, 2.05) is 13.8 Å². The maximum Gasteiger partial charge on any atom is 0.322 e. The molecular weight excluding hydrogens is 238 g/mol. The number of piperazine rings is 1. The summed E-state index contributed by atoms with van der Waals surface area (Å²) in [5, 5.41) is 14.2. The third kappa shape index (κ3) is 3.99. The van der Waals surface area contributed by atoms with Gasteiger partial charge in [0.25, 0.3) is 0 Å². The minimum absolute atomic E-state index is 0.0325. The van der Waals surface area contributed by atoms with Gasteiger partial charge in [0.1, 0.15) is 6.04 Å². The molecule has 1 aliphatic rings. The minimum atomic E-state index is -1.04. The maximum absolute atomic E-state index is 11.7. The Morgan fingerprint density at radius 1 is 1.61 bits per heavy atom. The standard InChI is InChI=1S/C11H19N3O4/c1-3-7(2)13-10(16)6-14-5-9(15)12-4-8(14)11(17)18/h7-8H,3-6H2,1-2H3,(H,12,15)(H,13,16)(H,17,18). The Labute approximate surface area is 106 Å². The highest BCUT2D eigenvalue weighted by Gasteiger charge is 2.32. The average molecular weight is 257 g/mol. The molecule has 1 fully saturated rings. The van der Waals surface area contributed by atoms with Crippen LogP contribution < -0.4 is 10.6 Å². The van der Waals surface area contributed by atoms with Gasteiger partial charge in [0, 0.05) is 12.6 Å². The molecule has 102 valence electrons. The highest BCUT2D eigenvalue weighted by molar-refractivity contribution is 5.85. The normalized spacial score (nSPS) is 22.1. The van der Waals surface area contributed by atoms with Gasteiger partial charge >= 0.3 is 5.97 Å². The van der Waals surface area contributed by atoms with Gasteiger partial charge < -0.3 is 15.7 Å². The van der Waals surface area contributed by atoms with Crippen molar-refractivity contribution in [2.45, 2.75) is 32.4 Å². The largest absolute Gasteiger partial charge is 0.480 e. The topological polar surface area (TPSA) is 98.7 Å². The van der Waals surface area contributed by atoms with Crippen molar-refractivity contribution in [2.24, 2.45) is 0 Å². The first-order valence-corrected chi connectivity index (χ1v) is 5.97. The van der Waals surface area contributed by atoms with Gasteiger partial charge in [-0.3, -0.25) is 19.3 Å². The Hall–Kier alpha value is -1.63. The molecule has 1 saturated heterocycles. The van der Waals surface area contributed by atoms with E-state index in [0.717, 1.165) is 6.42 Å². The van der Waals surface area contributed by atoms with Gasteiger partial charge in [0.15, 0.2) is 0 Å². The van der Waals surface area contributed by atoms with Crippen LogP contribution in [-0.2, 0) is 14.4 Å². The Morgan fingerprint density at radius 2 is 2.28 bits per heavy atom. The van der Waals surface area contributed by atoms with Crippen LogP contribution in [-0.4, -0.2) is 59.5 Å². The van der Waals surface area contributed by atoms with Crippen molar-refractivity contribution in [1.29, 1.82) is 0 Å². The lowest BCUT2D eigenvalue weighted by molar-refractivity contribution is -0.146. The predicted molar refractivity (Wildman–Crippen MR) is 63.9 cm³/mol. The summed E-state index contributed by atoms with van der Waals surface area (Å²) in [5.74, 6) is -1.56. The first-order valence-electron chi connectivity index (χ1n) is 5.97. The predicted octanol–water partition coefficient (Wildman–Crippen LogP) is -1.21. The molecule has 0 radical (unpaired) electrons. The molecule has 7 heteroatoms. The fraction of sp³-hybridized carbons (Fsp3) is 0.727. The summed E-state index contributed by atoms with van der Waals surface area (Å²) in [6.45, 7) is 3.71. The molecule has 0 aromatic carbocycles. The van der Waals surface area contributed by atoms with Gasteiger partial charge in [-0.2, -0.15) is 0 Å². The molecule has 7 nitrogen and oxygen atoms in total. The summed E-state index contributed by atoms with van der Waals surface area (Å²) in [4.78, 5) is 35.3. The van der Waals surface area contributed by atoms with Crippen molar-refractivity contribution in [3.63, 3.8) is 0 Å². The molecular formula is C11H19N3O4. The van der Waals surface area contributed by atoms with Crippen molar-refractivity contribution in [3.8, 4) is 0 Å². The third-order valence-corrected chi connectivity index (χ3v) is 2.93. The molecule has 3 N–H and O–H groups in total. The van der Waals surface area contributed by atoms with E-state index in [1.165, 1.54) is 4.90 Å². The highest BCUT2D eigenvalue weighted by atomic mass is 16.4. The van der Waals surface area contributed by atoms with E-state index in [-0.39, 0.29) is 37.5 Å². The number of aliphatic carboxylic acids is 1.